The van der Waals surface area contributed by atoms with Crippen molar-refractivity contribution in [3.8, 4) is 6.07 Å². The van der Waals surface area contributed by atoms with Crippen LogP contribution in [-0.4, -0.2) is 53.5 Å². The summed E-state index contributed by atoms with van der Waals surface area (Å²) in [4.78, 5) is 32.6. The number of nitrogens with zero attached hydrogens (tertiary/aromatic N) is 4. The number of anilines is 1. The molecule has 1 saturated carbocycles. The van der Waals surface area contributed by atoms with Crippen LogP contribution in [0.1, 0.15) is 36.3 Å². The summed E-state index contributed by atoms with van der Waals surface area (Å²) in [5, 5.41) is 9.91. The Hall–Kier alpha value is -2.59. The molecule has 1 aliphatic carbocycles. The van der Waals surface area contributed by atoms with E-state index in [1.807, 2.05) is 12.1 Å². The number of hydrogen-bond acceptors (Lipinski definition) is 4. The van der Waals surface area contributed by atoms with Gasteiger partial charge in [0.2, 0.25) is 0 Å². The first kappa shape index (κ1) is 21.3. The number of urea groups is 1. The molecule has 2 atom stereocenters. The molecule has 2 saturated heterocycles. The number of carbonyl (C=O) groups is 2. The summed E-state index contributed by atoms with van der Waals surface area (Å²) >= 11 is 12.3. The SMILES string of the molecule is CN1C(=O)N(c2cc(Cl)cc(Cl)c2)C(=O)[C@]12CN(C1CCC1)C[C@@H]2c1ccc(C#N)cc1. The van der Waals surface area contributed by atoms with Crippen LogP contribution < -0.4 is 4.90 Å². The topological polar surface area (TPSA) is 67.7 Å². The van der Waals surface area contributed by atoms with E-state index >= 15 is 0 Å². The summed E-state index contributed by atoms with van der Waals surface area (Å²) in [6.45, 7) is 1.16. The summed E-state index contributed by atoms with van der Waals surface area (Å²) in [6, 6.07) is 14.3. The number of rotatable bonds is 3. The summed E-state index contributed by atoms with van der Waals surface area (Å²) in [5.74, 6) is -0.475. The number of nitriles is 1. The maximum Gasteiger partial charge on any atom is 0.332 e. The van der Waals surface area contributed by atoms with E-state index in [2.05, 4.69) is 11.0 Å². The van der Waals surface area contributed by atoms with Crippen molar-refractivity contribution in [1.82, 2.24) is 9.80 Å². The Balaban J connectivity index is 1.60. The van der Waals surface area contributed by atoms with Gasteiger partial charge in [-0.05, 0) is 48.7 Å². The first-order valence-corrected chi connectivity index (χ1v) is 11.4. The smallest absolute Gasteiger partial charge is 0.310 e. The van der Waals surface area contributed by atoms with Crippen molar-refractivity contribution in [2.45, 2.75) is 36.8 Å². The number of halogens is 2. The van der Waals surface area contributed by atoms with Crippen LogP contribution in [0.4, 0.5) is 10.5 Å². The maximum atomic E-state index is 14.1. The first-order chi connectivity index (χ1) is 15.3. The van der Waals surface area contributed by atoms with Gasteiger partial charge in [-0.15, -0.1) is 0 Å². The third-order valence-corrected chi connectivity index (χ3v) is 7.66. The fraction of sp³-hybridized carbons (Fsp3) is 0.375. The predicted octanol–water partition coefficient (Wildman–Crippen LogP) is 4.65. The van der Waals surface area contributed by atoms with E-state index in [-0.39, 0.29) is 17.9 Å². The molecular formula is C24H22Cl2N4O2. The average molecular weight is 469 g/mol. The number of hydrogen-bond donors (Lipinski definition) is 0. The highest BCUT2D eigenvalue weighted by Crippen LogP contribution is 2.48. The highest BCUT2D eigenvalue weighted by atomic mass is 35.5. The van der Waals surface area contributed by atoms with E-state index in [1.54, 1.807) is 42.3 Å². The third kappa shape index (κ3) is 3.11. The molecule has 6 nitrogen and oxygen atoms in total. The lowest BCUT2D eigenvalue weighted by Crippen LogP contribution is -2.54. The van der Waals surface area contributed by atoms with Crippen LogP contribution >= 0.6 is 23.2 Å². The zero-order chi connectivity index (χ0) is 22.6. The van der Waals surface area contributed by atoms with Crippen molar-refractivity contribution in [1.29, 1.82) is 5.26 Å². The van der Waals surface area contributed by atoms with Crippen LogP contribution in [0.5, 0.6) is 0 Å². The minimum Gasteiger partial charge on any atom is -0.310 e. The van der Waals surface area contributed by atoms with Gasteiger partial charge in [-0.1, -0.05) is 41.8 Å². The normalized spacial score (nSPS) is 26.1. The van der Waals surface area contributed by atoms with Gasteiger partial charge in [-0.3, -0.25) is 9.69 Å². The number of imide groups is 1. The minimum atomic E-state index is -1.03. The lowest BCUT2D eigenvalue weighted by Gasteiger charge is -2.36. The van der Waals surface area contributed by atoms with Crippen molar-refractivity contribution in [2.24, 2.45) is 0 Å². The second-order valence-electron chi connectivity index (χ2n) is 8.83. The van der Waals surface area contributed by atoms with Crippen LogP contribution in [0.3, 0.4) is 0 Å². The van der Waals surface area contributed by atoms with Gasteiger partial charge in [-0.25, -0.2) is 9.69 Å². The average Bonchev–Trinajstić information content (AvgIpc) is 3.19. The van der Waals surface area contributed by atoms with Crippen LogP contribution in [0, 0.1) is 11.3 Å². The van der Waals surface area contributed by atoms with E-state index in [0.29, 0.717) is 40.4 Å². The van der Waals surface area contributed by atoms with Crippen LogP contribution in [-0.2, 0) is 4.79 Å². The number of amides is 3. The van der Waals surface area contributed by atoms with E-state index in [4.69, 9.17) is 23.2 Å². The molecule has 2 aromatic carbocycles. The van der Waals surface area contributed by atoms with Gasteiger partial charge in [-0.2, -0.15) is 5.26 Å². The largest absolute Gasteiger partial charge is 0.332 e. The van der Waals surface area contributed by atoms with E-state index in [1.165, 1.54) is 11.3 Å². The molecular weight excluding hydrogens is 447 g/mol. The van der Waals surface area contributed by atoms with Gasteiger partial charge in [0.15, 0.2) is 0 Å². The van der Waals surface area contributed by atoms with Crippen molar-refractivity contribution in [3.63, 3.8) is 0 Å². The van der Waals surface area contributed by atoms with Gasteiger partial charge < -0.3 is 4.90 Å². The first-order valence-electron chi connectivity index (χ1n) is 10.7. The molecule has 8 heteroatoms. The number of likely N-dealkylation sites (tertiary alicyclic amines) is 1. The summed E-state index contributed by atoms with van der Waals surface area (Å²) < 4.78 is 0. The van der Waals surface area contributed by atoms with E-state index < -0.39 is 5.54 Å². The highest BCUT2D eigenvalue weighted by Gasteiger charge is 2.64. The number of benzene rings is 2. The van der Waals surface area contributed by atoms with Gasteiger partial charge in [0, 0.05) is 42.1 Å². The second kappa shape index (κ2) is 7.77. The third-order valence-electron chi connectivity index (χ3n) is 7.23. The zero-order valence-electron chi connectivity index (χ0n) is 17.6. The molecule has 2 aromatic rings. The van der Waals surface area contributed by atoms with Crippen molar-refractivity contribution in [2.75, 3.05) is 25.0 Å². The Morgan fingerprint density at radius 1 is 1.06 bits per heavy atom. The molecule has 0 bridgehead atoms. The Bertz CT molecular complexity index is 1120. The summed E-state index contributed by atoms with van der Waals surface area (Å²) in [7, 11) is 1.70. The van der Waals surface area contributed by atoms with Gasteiger partial charge >= 0.3 is 6.03 Å². The minimum absolute atomic E-state index is 0.211. The summed E-state index contributed by atoms with van der Waals surface area (Å²) in [5.41, 5.74) is 0.857. The van der Waals surface area contributed by atoms with Crippen molar-refractivity contribution in [3.05, 3.63) is 63.6 Å². The zero-order valence-corrected chi connectivity index (χ0v) is 19.1. The summed E-state index contributed by atoms with van der Waals surface area (Å²) in [6.07, 6.45) is 3.40. The maximum absolute atomic E-state index is 14.1. The van der Waals surface area contributed by atoms with Gasteiger partial charge in [0.05, 0.1) is 17.3 Å². The molecule has 2 aliphatic heterocycles. The molecule has 0 N–H and O–H groups in total. The van der Waals surface area contributed by atoms with Gasteiger partial charge in [0.1, 0.15) is 5.54 Å². The second-order valence-corrected chi connectivity index (χ2v) is 9.71. The molecule has 0 aromatic heterocycles. The fourth-order valence-electron chi connectivity index (χ4n) is 5.27. The molecule has 3 amide bonds. The quantitative estimate of drug-likeness (QED) is 0.614. The van der Waals surface area contributed by atoms with Crippen LogP contribution in [0.25, 0.3) is 0 Å². The standard InChI is InChI=1S/C24H22Cl2N4O2/c1-28-23(32)30(20-10-17(25)9-18(26)11-20)22(31)24(28)14-29(19-3-2-4-19)13-21(24)16-7-5-15(12-27)6-8-16/h5-11,19,21H,2-4,13-14H2,1H3/t21-,24-/m1/s1. The monoisotopic (exact) mass is 468 g/mol. The molecule has 1 spiro atoms. The number of likely N-dealkylation sites (N-methyl/N-ethyl adjacent to an activating group) is 1. The molecule has 164 valence electrons. The lowest BCUT2D eigenvalue weighted by molar-refractivity contribution is -0.124. The van der Waals surface area contributed by atoms with Gasteiger partial charge in [0.25, 0.3) is 5.91 Å². The molecule has 2 heterocycles. The Morgan fingerprint density at radius 2 is 1.72 bits per heavy atom. The van der Waals surface area contributed by atoms with E-state index in [9.17, 15) is 14.9 Å². The Morgan fingerprint density at radius 3 is 2.28 bits per heavy atom. The molecule has 0 radical (unpaired) electrons. The highest BCUT2D eigenvalue weighted by molar-refractivity contribution is 6.35. The van der Waals surface area contributed by atoms with Crippen molar-refractivity contribution < 1.29 is 9.59 Å². The molecule has 32 heavy (non-hydrogen) atoms. The molecule has 3 fully saturated rings. The van der Waals surface area contributed by atoms with Crippen LogP contribution in [0.15, 0.2) is 42.5 Å². The molecule has 5 rings (SSSR count). The lowest BCUT2D eigenvalue weighted by atomic mass is 9.80. The fourth-order valence-corrected chi connectivity index (χ4v) is 5.78. The van der Waals surface area contributed by atoms with Crippen LogP contribution in [0.2, 0.25) is 10.0 Å². The number of carbonyl (C=O) groups excluding carboxylic acids is 2. The molecule has 0 unspecified atom stereocenters. The van der Waals surface area contributed by atoms with Crippen molar-refractivity contribution >= 4 is 40.8 Å². The Kier molecular flexibility index (Phi) is 5.16. The predicted molar refractivity (Wildman–Crippen MR) is 123 cm³/mol. The van der Waals surface area contributed by atoms with E-state index in [0.717, 1.165) is 18.4 Å². The molecule has 3 aliphatic rings. The Labute approximate surface area is 196 Å².